The Balaban J connectivity index is 2.18. The van der Waals surface area contributed by atoms with Gasteiger partial charge in [0.1, 0.15) is 0 Å². The van der Waals surface area contributed by atoms with Crippen molar-refractivity contribution in [3.05, 3.63) is 0 Å². The van der Waals surface area contributed by atoms with Gasteiger partial charge < -0.3 is 10.2 Å². The highest BCUT2D eigenvalue weighted by Gasteiger charge is 2.20. The Morgan fingerprint density at radius 1 is 1.41 bits per heavy atom. The Bertz CT molecular complexity index is 288. The van der Waals surface area contributed by atoms with Crippen molar-refractivity contribution < 1.29 is 4.79 Å². The van der Waals surface area contributed by atoms with Gasteiger partial charge in [-0.2, -0.15) is 5.26 Å². The van der Waals surface area contributed by atoms with Gasteiger partial charge in [0.2, 0.25) is 5.91 Å². The molecule has 0 aromatic rings. The molecule has 0 radical (unpaired) electrons. The third kappa shape index (κ3) is 5.18. The molecule has 1 saturated heterocycles. The standard InChI is InChI=1S/C13H23N3O/c1-13(2,6-5-7-14)11-15-10-12(17)16-8-3-4-9-16/h15H,3-6,8-11H2,1-2H3. The summed E-state index contributed by atoms with van der Waals surface area (Å²) in [6.07, 6.45) is 3.72. The van der Waals surface area contributed by atoms with Crippen molar-refractivity contribution in [2.45, 2.75) is 39.5 Å². The zero-order chi connectivity index (χ0) is 12.7. The monoisotopic (exact) mass is 237 g/mol. The number of carbonyl (C=O) groups excluding carboxylic acids is 1. The molecule has 0 aromatic heterocycles. The lowest BCUT2D eigenvalue weighted by atomic mass is 9.88. The van der Waals surface area contributed by atoms with E-state index in [9.17, 15) is 4.79 Å². The van der Waals surface area contributed by atoms with Gasteiger partial charge in [-0.15, -0.1) is 0 Å². The van der Waals surface area contributed by atoms with E-state index in [0.29, 0.717) is 13.0 Å². The first-order valence-corrected chi connectivity index (χ1v) is 6.41. The maximum absolute atomic E-state index is 11.8. The molecular weight excluding hydrogens is 214 g/mol. The lowest BCUT2D eigenvalue weighted by molar-refractivity contribution is -0.129. The third-order valence-corrected chi connectivity index (χ3v) is 3.25. The Labute approximate surface area is 104 Å². The molecule has 0 unspecified atom stereocenters. The second kappa shape index (κ2) is 6.61. The van der Waals surface area contributed by atoms with E-state index in [-0.39, 0.29) is 11.3 Å². The maximum atomic E-state index is 11.8. The number of likely N-dealkylation sites (tertiary alicyclic amines) is 1. The molecule has 1 heterocycles. The fourth-order valence-corrected chi connectivity index (χ4v) is 2.07. The summed E-state index contributed by atoms with van der Waals surface area (Å²) >= 11 is 0. The topological polar surface area (TPSA) is 56.1 Å². The summed E-state index contributed by atoms with van der Waals surface area (Å²) in [5.74, 6) is 0.207. The lowest BCUT2D eigenvalue weighted by Gasteiger charge is -2.24. The van der Waals surface area contributed by atoms with E-state index in [2.05, 4.69) is 25.2 Å². The molecule has 1 rings (SSSR count). The zero-order valence-corrected chi connectivity index (χ0v) is 11.0. The molecule has 0 aliphatic carbocycles. The van der Waals surface area contributed by atoms with E-state index in [0.717, 1.165) is 38.9 Å². The minimum atomic E-state index is 0.0843. The van der Waals surface area contributed by atoms with E-state index in [1.807, 2.05) is 4.90 Å². The van der Waals surface area contributed by atoms with Gasteiger partial charge in [-0.05, 0) is 24.7 Å². The third-order valence-electron chi connectivity index (χ3n) is 3.25. The van der Waals surface area contributed by atoms with Crippen LogP contribution in [0.3, 0.4) is 0 Å². The predicted molar refractivity (Wildman–Crippen MR) is 67.3 cm³/mol. The van der Waals surface area contributed by atoms with Gasteiger partial charge in [0.05, 0.1) is 12.6 Å². The smallest absolute Gasteiger partial charge is 0.236 e. The van der Waals surface area contributed by atoms with E-state index < -0.39 is 0 Å². The normalized spacial score (nSPS) is 15.9. The van der Waals surface area contributed by atoms with Crippen LogP contribution in [0.2, 0.25) is 0 Å². The molecule has 4 nitrogen and oxygen atoms in total. The highest BCUT2D eigenvalue weighted by molar-refractivity contribution is 5.78. The molecule has 1 aliphatic rings. The van der Waals surface area contributed by atoms with Crippen LogP contribution in [0.15, 0.2) is 0 Å². The second-order valence-corrected chi connectivity index (χ2v) is 5.51. The minimum absolute atomic E-state index is 0.0843. The van der Waals surface area contributed by atoms with Crippen molar-refractivity contribution in [3.63, 3.8) is 0 Å². The average molecular weight is 237 g/mol. The molecule has 0 atom stereocenters. The molecule has 17 heavy (non-hydrogen) atoms. The number of rotatable bonds is 6. The largest absolute Gasteiger partial charge is 0.342 e. The van der Waals surface area contributed by atoms with E-state index in [1.165, 1.54) is 0 Å². The molecule has 1 amide bonds. The van der Waals surface area contributed by atoms with Crippen molar-refractivity contribution in [1.29, 1.82) is 5.26 Å². The van der Waals surface area contributed by atoms with Gasteiger partial charge in [0.25, 0.3) is 0 Å². The number of hydrogen-bond donors (Lipinski definition) is 1. The fourth-order valence-electron chi connectivity index (χ4n) is 2.07. The van der Waals surface area contributed by atoms with Gasteiger partial charge in [-0.3, -0.25) is 4.79 Å². The zero-order valence-electron chi connectivity index (χ0n) is 11.0. The van der Waals surface area contributed by atoms with E-state index in [1.54, 1.807) is 0 Å². The molecule has 1 N–H and O–H groups in total. The summed E-state index contributed by atoms with van der Waals surface area (Å²) in [6.45, 7) is 7.29. The molecule has 1 aliphatic heterocycles. The van der Waals surface area contributed by atoms with Gasteiger partial charge in [0.15, 0.2) is 0 Å². The molecule has 1 fully saturated rings. The quantitative estimate of drug-likeness (QED) is 0.762. The van der Waals surface area contributed by atoms with Gasteiger partial charge in [-0.1, -0.05) is 13.8 Å². The SMILES string of the molecule is CC(C)(CCC#N)CNCC(=O)N1CCCC1. The molecule has 0 spiro atoms. The van der Waals surface area contributed by atoms with Gasteiger partial charge in [-0.25, -0.2) is 0 Å². The van der Waals surface area contributed by atoms with Crippen LogP contribution in [0, 0.1) is 16.7 Å². The maximum Gasteiger partial charge on any atom is 0.236 e. The minimum Gasteiger partial charge on any atom is -0.342 e. The van der Waals surface area contributed by atoms with Crippen LogP contribution in [-0.2, 0) is 4.79 Å². The molecule has 0 saturated carbocycles. The number of hydrogen-bond acceptors (Lipinski definition) is 3. The first-order chi connectivity index (χ1) is 8.05. The van der Waals surface area contributed by atoms with Gasteiger partial charge >= 0.3 is 0 Å². The summed E-state index contributed by atoms with van der Waals surface area (Å²) in [7, 11) is 0. The van der Waals surface area contributed by atoms with Crippen molar-refractivity contribution in [3.8, 4) is 6.07 Å². The Morgan fingerprint density at radius 2 is 2.06 bits per heavy atom. The van der Waals surface area contributed by atoms with Crippen LogP contribution in [0.4, 0.5) is 0 Å². The summed E-state index contributed by atoms with van der Waals surface area (Å²) in [5.41, 5.74) is 0.0843. The van der Waals surface area contributed by atoms with Crippen LogP contribution in [0.5, 0.6) is 0 Å². The molecule has 0 bridgehead atoms. The summed E-state index contributed by atoms with van der Waals surface area (Å²) < 4.78 is 0. The van der Waals surface area contributed by atoms with Crippen molar-refractivity contribution in [1.82, 2.24) is 10.2 Å². The highest BCUT2D eigenvalue weighted by Crippen LogP contribution is 2.20. The van der Waals surface area contributed by atoms with Crippen LogP contribution >= 0.6 is 0 Å². The number of nitrogens with zero attached hydrogens (tertiary/aromatic N) is 2. The Kier molecular flexibility index (Phi) is 5.43. The molecule has 96 valence electrons. The average Bonchev–Trinajstić information content (AvgIpc) is 2.79. The van der Waals surface area contributed by atoms with Crippen LogP contribution in [0.1, 0.15) is 39.5 Å². The summed E-state index contributed by atoms with van der Waals surface area (Å²) in [6, 6.07) is 2.16. The Morgan fingerprint density at radius 3 is 2.65 bits per heavy atom. The summed E-state index contributed by atoms with van der Waals surface area (Å²) in [4.78, 5) is 13.7. The first kappa shape index (κ1) is 14.0. The fraction of sp³-hybridized carbons (Fsp3) is 0.846. The van der Waals surface area contributed by atoms with Crippen molar-refractivity contribution >= 4 is 5.91 Å². The van der Waals surface area contributed by atoms with Crippen molar-refractivity contribution in [2.24, 2.45) is 5.41 Å². The number of amides is 1. The highest BCUT2D eigenvalue weighted by atomic mass is 16.2. The number of nitrogens with one attached hydrogen (secondary N) is 1. The number of carbonyl (C=O) groups is 1. The second-order valence-electron chi connectivity index (χ2n) is 5.51. The van der Waals surface area contributed by atoms with Crippen LogP contribution in [0.25, 0.3) is 0 Å². The molecule has 0 aromatic carbocycles. The lowest BCUT2D eigenvalue weighted by Crippen LogP contribution is -2.39. The molecule has 4 heteroatoms. The Hall–Kier alpha value is -1.08. The number of nitriles is 1. The first-order valence-electron chi connectivity index (χ1n) is 6.41. The summed E-state index contributed by atoms with van der Waals surface area (Å²) in [5, 5.41) is 11.8. The van der Waals surface area contributed by atoms with E-state index >= 15 is 0 Å². The van der Waals surface area contributed by atoms with Crippen LogP contribution < -0.4 is 5.32 Å². The molecular formula is C13H23N3O. The van der Waals surface area contributed by atoms with Crippen LogP contribution in [-0.4, -0.2) is 37.0 Å². The van der Waals surface area contributed by atoms with E-state index in [4.69, 9.17) is 5.26 Å². The predicted octanol–water partition coefficient (Wildman–Crippen LogP) is 1.53. The van der Waals surface area contributed by atoms with Gasteiger partial charge in [0, 0.05) is 26.1 Å². The van der Waals surface area contributed by atoms with Crippen molar-refractivity contribution in [2.75, 3.05) is 26.2 Å².